The second-order valence-corrected chi connectivity index (χ2v) is 9.83. The third-order valence-corrected chi connectivity index (χ3v) is 7.34. The molecule has 0 aromatic heterocycles. The molecule has 0 aliphatic carbocycles. The Morgan fingerprint density at radius 2 is 1.65 bits per heavy atom. The van der Waals surface area contributed by atoms with E-state index in [2.05, 4.69) is 5.32 Å². The van der Waals surface area contributed by atoms with Crippen molar-refractivity contribution in [3.05, 3.63) is 54.1 Å². The molecule has 2 aromatic rings. The van der Waals surface area contributed by atoms with Crippen molar-refractivity contribution in [3.63, 3.8) is 0 Å². The van der Waals surface area contributed by atoms with Crippen molar-refractivity contribution in [1.82, 2.24) is 9.62 Å². The maximum atomic E-state index is 12.9. The van der Waals surface area contributed by atoms with Crippen molar-refractivity contribution in [2.45, 2.75) is 37.6 Å². The highest BCUT2D eigenvalue weighted by atomic mass is 32.2. The van der Waals surface area contributed by atoms with Crippen molar-refractivity contribution < 1.29 is 22.7 Å². The van der Waals surface area contributed by atoms with Gasteiger partial charge in [0, 0.05) is 19.0 Å². The fraction of sp³-hybridized carbons (Fsp3) is 0.435. The number of piperidine rings is 1. The molecule has 168 valence electrons. The van der Waals surface area contributed by atoms with E-state index in [1.165, 1.54) is 11.4 Å². The van der Waals surface area contributed by atoms with Crippen LogP contribution in [0.3, 0.4) is 0 Å². The molecule has 8 heteroatoms. The molecule has 2 aromatic carbocycles. The lowest BCUT2D eigenvalue weighted by Gasteiger charge is -2.31. The van der Waals surface area contributed by atoms with E-state index in [-0.39, 0.29) is 22.8 Å². The fourth-order valence-electron chi connectivity index (χ4n) is 3.51. The highest BCUT2D eigenvalue weighted by Gasteiger charge is 2.32. The van der Waals surface area contributed by atoms with Crippen molar-refractivity contribution in [2.75, 3.05) is 26.8 Å². The van der Waals surface area contributed by atoms with Gasteiger partial charge in [-0.25, -0.2) is 8.42 Å². The number of hydrogen-bond donors (Lipinski definition) is 1. The number of carbonyl (C=O) groups is 1. The van der Waals surface area contributed by atoms with Crippen LogP contribution in [-0.2, 0) is 14.8 Å². The summed E-state index contributed by atoms with van der Waals surface area (Å²) in [5, 5.41) is 2.98. The number of carbonyl (C=O) groups excluding carboxylic acids is 1. The van der Waals surface area contributed by atoms with E-state index in [1.807, 2.05) is 38.1 Å². The van der Waals surface area contributed by atoms with Crippen LogP contribution in [0.5, 0.6) is 11.5 Å². The molecule has 1 aliphatic rings. The van der Waals surface area contributed by atoms with Crippen LogP contribution >= 0.6 is 0 Å². The summed E-state index contributed by atoms with van der Waals surface area (Å²) in [6, 6.07) is 14.0. The minimum atomic E-state index is -3.58. The maximum absolute atomic E-state index is 12.9. The van der Waals surface area contributed by atoms with Gasteiger partial charge in [-0.2, -0.15) is 4.31 Å². The van der Waals surface area contributed by atoms with E-state index in [4.69, 9.17) is 9.47 Å². The Morgan fingerprint density at radius 1 is 1.06 bits per heavy atom. The van der Waals surface area contributed by atoms with Gasteiger partial charge < -0.3 is 14.8 Å². The molecule has 1 fully saturated rings. The topological polar surface area (TPSA) is 84.9 Å². The third-order valence-electron chi connectivity index (χ3n) is 5.43. The number of sulfonamides is 1. The Balaban J connectivity index is 1.47. The third kappa shape index (κ3) is 5.98. The molecule has 1 saturated heterocycles. The van der Waals surface area contributed by atoms with Crippen LogP contribution in [0.25, 0.3) is 0 Å². The second kappa shape index (κ2) is 10.2. The molecule has 1 heterocycles. The summed E-state index contributed by atoms with van der Waals surface area (Å²) in [6.07, 6.45) is 0.986. The lowest BCUT2D eigenvalue weighted by molar-refractivity contribution is -0.126. The van der Waals surface area contributed by atoms with Gasteiger partial charge in [0.1, 0.15) is 18.1 Å². The largest absolute Gasteiger partial charge is 0.497 e. The molecule has 1 N–H and O–H groups in total. The number of ether oxygens (including phenoxy) is 2. The molecular weight excluding hydrogens is 416 g/mol. The molecule has 0 saturated carbocycles. The number of nitrogens with zero attached hydrogens (tertiary/aromatic N) is 1. The molecule has 0 radical (unpaired) electrons. The Bertz CT molecular complexity index is 966. The predicted octanol–water partition coefficient (Wildman–Crippen LogP) is 2.99. The first kappa shape index (κ1) is 23.1. The number of nitrogens with one attached hydrogen (secondary N) is 1. The van der Waals surface area contributed by atoms with Gasteiger partial charge in [-0.1, -0.05) is 17.7 Å². The SMILES string of the molecule is COc1ccc(S(=O)(=O)N2CCC(C(=O)NC(C)COc3ccc(C)cc3)CC2)cc1. The molecule has 1 unspecified atom stereocenters. The van der Waals surface area contributed by atoms with Gasteiger partial charge in [-0.15, -0.1) is 0 Å². The number of amides is 1. The normalized spacial score (nSPS) is 16.5. The average Bonchev–Trinajstić information content (AvgIpc) is 2.78. The summed E-state index contributed by atoms with van der Waals surface area (Å²) in [7, 11) is -2.04. The summed E-state index contributed by atoms with van der Waals surface area (Å²) in [6.45, 7) is 4.93. The second-order valence-electron chi connectivity index (χ2n) is 7.89. The van der Waals surface area contributed by atoms with Crippen molar-refractivity contribution in [1.29, 1.82) is 0 Å². The van der Waals surface area contributed by atoms with Gasteiger partial charge in [-0.3, -0.25) is 4.79 Å². The van der Waals surface area contributed by atoms with E-state index in [9.17, 15) is 13.2 Å². The van der Waals surface area contributed by atoms with Crippen LogP contribution in [0.1, 0.15) is 25.3 Å². The summed E-state index contributed by atoms with van der Waals surface area (Å²) in [4.78, 5) is 12.8. The minimum Gasteiger partial charge on any atom is -0.497 e. The summed E-state index contributed by atoms with van der Waals surface area (Å²) in [5.74, 6) is 1.11. The first-order valence-corrected chi connectivity index (χ1v) is 11.9. The number of hydrogen-bond acceptors (Lipinski definition) is 5. The van der Waals surface area contributed by atoms with E-state index in [0.717, 1.165) is 11.3 Å². The zero-order valence-electron chi connectivity index (χ0n) is 18.2. The number of aryl methyl sites for hydroxylation is 1. The van der Waals surface area contributed by atoms with Gasteiger partial charge in [0.2, 0.25) is 15.9 Å². The number of rotatable bonds is 8. The van der Waals surface area contributed by atoms with E-state index in [1.54, 1.807) is 24.3 Å². The van der Waals surface area contributed by atoms with Crippen molar-refractivity contribution >= 4 is 15.9 Å². The summed E-state index contributed by atoms with van der Waals surface area (Å²) in [5.41, 5.74) is 1.16. The Kier molecular flexibility index (Phi) is 7.56. The fourth-order valence-corrected chi connectivity index (χ4v) is 4.98. The first-order valence-electron chi connectivity index (χ1n) is 10.4. The van der Waals surface area contributed by atoms with E-state index >= 15 is 0 Å². The molecular formula is C23H30N2O5S. The van der Waals surface area contributed by atoms with Gasteiger partial charge in [0.15, 0.2) is 0 Å². The van der Waals surface area contributed by atoms with Gasteiger partial charge in [-0.05, 0) is 63.1 Å². The zero-order chi connectivity index (χ0) is 22.4. The van der Waals surface area contributed by atoms with Crippen LogP contribution in [-0.4, -0.2) is 51.5 Å². The van der Waals surface area contributed by atoms with E-state index in [0.29, 0.717) is 38.3 Å². The van der Waals surface area contributed by atoms with E-state index < -0.39 is 10.0 Å². The molecule has 1 amide bonds. The van der Waals surface area contributed by atoms with Gasteiger partial charge >= 0.3 is 0 Å². The first-order chi connectivity index (χ1) is 14.8. The smallest absolute Gasteiger partial charge is 0.243 e. The Hall–Kier alpha value is -2.58. The molecule has 0 bridgehead atoms. The molecule has 1 aliphatic heterocycles. The average molecular weight is 447 g/mol. The minimum absolute atomic E-state index is 0.0542. The molecule has 3 rings (SSSR count). The van der Waals surface area contributed by atoms with Crippen LogP contribution in [0, 0.1) is 12.8 Å². The van der Waals surface area contributed by atoms with Gasteiger partial charge in [0.25, 0.3) is 0 Å². The number of benzene rings is 2. The summed E-state index contributed by atoms with van der Waals surface area (Å²) >= 11 is 0. The molecule has 31 heavy (non-hydrogen) atoms. The van der Waals surface area contributed by atoms with Crippen LogP contribution in [0.15, 0.2) is 53.4 Å². The van der Waals surface area contributed by atoms with Crippen molar-refractivity contribution in [2.24, 2.45) is 5.92 Å². The maximum Gasteiger partial charge on any atom is 0.243 e. The standard InChI is InChI=1S/C23H30N2O5S/c1-17-4-6-21(7-5-17)30-16-18(2)24-23(26)19-12-14-25(15-13-19)31(27,28)22-10-8-20(29-3)9-11-22/h4-11,18-19H,12-16H2,1-3H3,(H,24,26). The highest BCUT2D eigenvalue weighted by Crippen LogP contribution is 2.25. The molecule has 1 atom stereocenters. The molecule has 0 spiro atoms. The lowest BCUT2D eigenvalue weighted by Crippen LogP contribution is -2.45. The quantitative estimate of drug-likeness (QED) is 0.674. The lowest BCUT2D eigenvalue weighted by atomic mass is 9.97. The van der Waals surface area contributed by atoms with Gasteiger partial charge in [0.05, 0.1) is 18.0 Å². The Morgan fingerprint density at radius 3 is 2.23 bits per heavy atom. The van der Waals surface area contributed by atoms with Crippen molar-refractivity contribution in [3.8, 4) is 11.5 Å². The highest BCUT2D eigenvalue weighted by molar-refractivity contribution is 7.89. The predicted molar refractivity (Wildman–Crippen MR) is 119 cm³/mol. The van der Waals surface area contributed by atoms with Crippen LogP contribution in [0.4, 0.5) is 0 Å². The Labute approximate surface area is 184 Å². The zero-order valence-corrected chi connectivity index (χ0v) is 19.0. The van der Waals surface area contributed by atoms with Crippen LogP contribution < -0.4 is 14.8 Å². The monoisotopic (exact) mass is 446 g/mol. The molecule has 7 nitrogen and oxygen atoms in total. The van der Waals surface area contributed by atoms with Crippen LogP contribution in [0.2, 0.25) is 0 Å². The summed E-state index contributed by atoms with van der Waals surface area (Å²) < 4.78 is 38.0. The number of methoxy groups -OCH3 is 1.